The van der Waals surface area contributed by atoms with Gasteiger partial charge in [-0.05, 0) is 24.3 Å². The average Bonchev–Trinajstić information content (AvgIpc) is 2.92. The number of rotatable bonds is 5. The van der Waals surface area contributed by atoms with Gasteiger partial charge in [-0.15, -0.1) is 11.3 Å². The highest BCUT2D eigenvalue weighted by Gasteiger charge is 2.26. The summed E-state index contributed by atoms with van der Waals surface area (Å²) < 4.78 is 0. The van der Waals surface area contributed by atoms with Crippen molar-refractivity contribution in [3.63, 3.8) is 0 Å². The number of aryl methyl sites for hydroxylation is 1. The van der Waals surface area contributed by atoms with Crippen LogP contribution in [0.25, 0.3) is 11.3 Å². The molecule has 23 heavy (non-hydrogen) atoms. The van der Waals surface area contributed by atoms with Crippen molar-refractivity contribution in [1.82, 2.24) is 10.3 Å². The van der Waals surface area contributed by atoms with Gasteiger partial charge in [-0.25, -0.2) is 4.98 Å². The minimum atomic E-state index is -0.488. The van der Waals surface area contributed by atoms with Gasteiger partial charge < -0.3 is 11.1 Å². The first-order valence-electron chi connectivity index (χ1n) is 7.82. The van der Waals surface area contributed by atoms with Crippen molar-refractivity contribution in [3.8, 4) is 11.3 Å². The molecule has 1 aromatic heterocycles. The van der Waals surface area contributed by atoms with Crippen LogP contribution in [0.5, 0.6) is 0 Å². The van der Waals surface area contributed by atoms with Crippen LogP contribution in [-0.2, 0) is 11.2 Å². The fraction of sp³-hybridized carbons (Fsp3) is 0.444. The largest absolute Gasteiger partial charge is 0.354 e. The van der Waals surface area contributed by atoms with Gasteiger partial charge in [0.25, 0.3) is 0 Å². The van der Waals surface area contributed by atoms with Crippen molar-refractivity contribution in [2.75, 3.05) is 6.54 Å². The van der Waals surface area contributed by atoms with Crippen molar-refractivity contribution in [1.29, 1.82) is 0 Å². The zero-order chi connectivity index (χ0) is 17.0. The molecule has 0 aliphatic rings. The molecule has 2 aromatic rings. The lowest BCUT2D eigenvalue weighted by atomic mass is 9.87. The molecule has 4 nitrogen and oxygen atoms in total. The van der Waals surface area contributed by atoms with E-state index in [0.29, 0.717) is 6.54 Å². The third-order valence-corrected chi connectivity index (χ3v) is 4.57. The zero-order valence-electron chi connectivity index (χ0n) is 14.2. The van der Waals surface area contributed by atoms with Crippen LogP contribution in [0.3, 0.4) is 0 Å². The first kappa shape index (κ1) is 17.6. The smallest absolute Gasteiger partial charge is 0.237 e. The number of benzene rings is 1. The Kier molecular flexibility index (Phi) is 5.55. The topological polar surface area (TPSA) is 68.0 Å². The lowest BCUT2D eigenvalue weighted by Crippen LogP contribution is -2.48. The van der Waals surface area contributed by atoms with Gasteiger partial charge in [-0.3, -0.25) is 4.79 Å². The number of nitrogens with one attached hydrogen (secondary N) is 1. The van der Waals surface area contributed by atoms with Crippen LogP contribution in [0.4, 0.5) is 0 Å². The molecule has 2 rings (SSSR count). The van der Waals surface area contributed by atoms with Gasteiger partial charge >= 0.3 is 0 Å². The van der Waals surface area contributed by atoms with E-state index < -0.39 is 6.04 Å². The molecule has 1 heterocycles. The van der Waals surface area contributed by atoms with Gasteiger partial charge in [0, 0.05) is 17.5 Å². The third kappa shape index (κ3) is 4.88. The quantitative estimate of drug-likeness (QED) is 0.884. The number of thiazole rings is 1. The molecule has 1 atom stereocenters. The van der Waals surface area contributed by atoms with E-state index in [9.17, 15) is 4.79 Å². The number of hydrogen-bond donors (Lipinski definition) is 2. The molecule has 0 saturated carbocycles. The Bertz CT molecular complexity index is 656. The van der Waals surface area contributed by atoms with Crippen LogP contribution < -0.4 is 11.1 Å². The molecule has 124 valence electrons. The van der Waals surface area contributed by atoms with Gasteiger partial charge in [-0.1, -0.05) is 45.0 Å². The SMILES string of the molecule is Cc1nc(-c2ccc(CCNC(=O)[C@@H](N)C(C)(C)C)cc2)cs1. The molecule has 3 N–H and O–H groups in total. The van der Waals surface area contributed by atoms with E-state index in [1.807, 2.05) is 27.7 Å². The minimum Gasteiger partial charge on any atom is -0.354 e. The Labute approximate surface area is 142 Å². The summed E-state index contributed by atoms with van der Waals surface area (Å²) in [4.78, 5) is 16.5. The lowest BCUT2D eigenvalue weighted by Gasteiger charge is -2.25. The number of carbonyl (C=O) groups excluding carboxylic acids is 1. The summed E-state index contributed by atoms with van der Waals surface area (Å²) in [6.45, 7) is 8.51. The number of carbonyl (C=O) groups is 1. The van der Waals surface area contributed by atoms with Crippen LogP contribution in [-0.4, -0.2) is 23.5 Å². The van der Waals surface area contributed by atoms with E-state index in [0.717, 1.165) is 22.7 Å². The van der Waals surface area contributed by atoms with E-state index in [1.165, 1.54) is 5.56 Å². The molecule has 0 unspecified atom stereocenters. The maximum atomic E-state index is 12.0. The maximum absolute atomic E-state index is 12.0. The summed E-state index contributed by atoms with van der Waals surface area (Å²) in [7, 11) is 0. The monoisotopic (exact) mass is 331 g/mol. The first-order chi connectivity index (χ1) is 10.8. The Balaban J connectivity index is 1.86. The highest BCUT2D eigenvalue weighted by molar-refractivity contribution is 7.09. The van der Waals surface area contributed by atoms with Gasteiger partial charge in [0.1, 0.15) is 0 Å². The van der Waals surface area contributed by atoms with Crippen LogP contribution in [0.1, 0.15) is 31.3 Å². The number of nitrogens with two attached hydrogens (primary N) is 1. The summed E-state index contributed by atoms with van der Waals surface area (Å²) in [5.41, 5.74) is 9.04. The van der Waals surface area contributed by atoms with Crippen LogP contribution >= 0.6 is 11.3 Å². The highest BCUT2D eigenvalue weighted by atomic mass is 32.1. The molecule has 1 aromatic carbocycles. The number of aromatic nitrogens is 1. The molecule has 0 fully saturated rings. The lowest BCUT2D eigenvalue weighted by molar-refractivity contribution is -0.124. The van der Waals surface area contributed by atoms with Crippen molar-refractivity contribution in [3.05, 3.63) is 40.2 Å². The Morgan fingerprint density at radius 3 is 2.48 bits per heavy atom. The number of nitrogens with zero attached hydrogens (tertiary/aromatic N) is 1. The molecule has 0 spiro atoms. The van der Waals surface area contributed by atoms with Gasteiger partial charge in [0.15, 0.2) is 0 Å². The summed E-state index contributed by atoms with van der Waals surface area (Å²) in [5, 5.41) is 6.05. The third-order valence-electron chi connectivity index (χ3n) is 3.80. The van der Waals surface area contributed by atoms with E-state index in [4.69, 9.17) is 5.73 Å². The van der Waals surface area contributed by atoms with Gasteiger partial charge in [0.05, 0.1) is 16.7 Å². The summed E-state index contributed by atoms with van der Waals surface area (Å²) in [5.74, 6) is -0.0907. The predicted octanol–water partition coefficient (Wildman–Crippen LogP) is 3.15. The zero-order valence-corrected chi connectivity index (χ0v) is 15.0. The first-order valence-corrected chi connectivity index (χ1v) is 8.70. The van der Waals surface area contributed by atoms with Crippen molar-refractivity contribution in [2.24, 2.45) is 11.1 Å². The second-order valence-electron chi connectivity index (χ2n) is 6.83. The van der Waals surface area contributed by atoms with Crippen LogP contribution in [0, 0.1) is 12.3 Å². The van der Waals surface area contributed by atoms with E-state index >= 15 is 0 Å². The fourth-order valence-electron chi connectivity index (χ4n) is 2.17. The van der Waals surface area contributed by atoms with Crippen LogP contribution in [0.2, 0.25) is 0 Å². The molecule has 0 aliphatic heterocycles. The summed E-state index contributed by atoms with van der Waals surface area (Å²) in [6, 6.07) is 7.83. The molecular weight excluding hydrogens is 306 g/mol. The van der Waals surface area contributed by atoms with Crippen molar-refractivity contribution in [2.45, 2.75) is 40.2 Å². The van der Waals surface area contributed by atoms with E-state index in [-0.39, 0.29) is 11.3 Å². The average molecular weight is 331 g/mol. The maximum Gasteiger partial charge on any atom is 0.237 e. The fourth-order valence-corrected chi connectivity index (χ4v) is 2.79. The highest BCUT2D eigenvalue weighted by Crippen LogP contribution is 2.22. The van der Waals surface area contributed by atoms with E-state index in [2.05, 4.69) is 39.9 Å². The molecule has 1 amide bonds. The van der Waals surface area contributed by atoms with Crippen molar-refractivity contribution >= 4 is 17.2 Å². The van der Waals surface area contributed by atoms with Crippen molar-refractivity contribution < 1.29 is 4.79 Å². The normalized spacial score (nSPS) is 12.9. The molecule has 0 aliphatic carbocycles. The van der Waals surface area contributed by atoms with E-state index in [1.54, 1.807) is 11.3 Å². The number of hydrogen-bond acceptors (Lipinski definition) is 4. The molecule has 0 saturated heterocycles. The van der Waals surface area contributed by atoms with Gasteiger partial charge in [-0.2, -0.15) is 0 Å². The van der Waals surface area contributed by atoms with Crippen LogP contribution in [0.15, 0.2) is 29.6 Å². The molecule has 0 radical (unpaired) electrons. The molecular formula is C18H25N3OS. The Hall–Kier alpha value is -1.72. The Morgan fingerprint density at radius 1 is 1.30 bits per heavy atom. The summed E-state index contributed by atoms with van der Waals surface area (Å²) in [6.07, 6.45) is 0.791. The molecule has 0 bridgehead atoms. The molecule has 5 heteroatoms. The Morgan fingerprint density at radius 2 is 1.96 bits per heavy atom. The second kappa shape index (κ2) is 7.23. The second-order valence-corrected chi connectivity index (χ2v) is 7.90. The predicted molar refractivity (Wildman–Crippen MR) is 96.4 cm³/mol. The summed E-state index contributed by atoms with van der Waals surface area (Å²) >= 11 is 1.65. The number of amides is 1. The van der Waals surface area contributed by atoms with Gasteiger partial charge in [0.2, 0.25) is 5.91 Å². The minimum absolute atomic E-state index is 0.0907. The standard InChI is InChI=1S/C18H25N3OS/c1-12-21-15(11-23-12)14-7-5-13(6-8-14)9-10-20-17(22)16(19)18(2,3)4/h5-8,11,16H,9-10,19H2,1-4H3,(H,20,22)/t16-/m1/s1.